The number of morpholine rings is 1. The minimum absolute atomic E-state index is 0.354. The van der Waals surface area contributed by atoms with E-state index in [-0.39, 0.29) is 6.10 Å². The van der Waals surface area contributed by atoms with E-state index in [0.29, 0.717) is 37.8 Å². The Hall–Kier alpha value is -1.47. The van der Waals surface area contributed by atoms with Gasteiger partial charge < -0.3 is 24.6 Å². The summed E-state index contributed by atoms with van der Waals surface area (Å²) in [5, 5.41) is 16.0. The van der Waals surface area contributed by atoms with E-state index in [4.69, 9.17) is 25.8 Å². The van der Waals surface area contributed by atoms with Crippen molar-refractivity contribution in [2.45, 2.75) is 37.6 Å². The van der Waals surface area contributed by atoms with Gasteiger partial charge in [-0.05, 0) is 48.1 Å². The van der Waals surface area contributed by atoms with Crippen LogP contribution >= 0.6 is 11.6 Å². The number of benzene rings is 2. The smallest absolute Gasteiger partial charge is 0.118 e. The van der Waals surface area contributed by atoms with E-state index in [1.165, 1.54) is 0 Å². The van der Waals surface area contributed by atoms with Crippen LogP contribution in [0.25, 0.3) is 11.1 Å². The fourth-order valence-electron chi connectivity index (χ4n) is 4.14. The molecule has 0 bridgehead atoms. The monoisotopic (exact) mass is 433 g/mol. The summed E-state index contributed by atoms with van der Waals surface area (Å²) < 4.78 is 16.5. The van der Waals surface area contributed by atoms with E-state index in [1.807, 2.05) is 36.4 Å². The van der Waals surface area contributed by atoms with Crippen molar-refractivity contribution in [2.75, 3.05) is 40.5 Å². The molecule has 2 aromatic rings. The Morgan fingerprint density at radius 3 is 2.73 bits per heavy atom. The number of aliphatic hydroxyl groups is 1. The molecule has 0 unspecified atom stereocenters. The molecule has 0 amide bonds. The lowest BCUT2D eigenvalue weighted by Crippen LogP contribution is -2.51. The molecule has 6 heteroatoms. The molecular formula is C24H32ClNO4. The largest absolute Gasteiger partial charge is 0.385 e. The molecule has 5 nitrogen and oxygen atoms in total. The molecule has 0 radical (unpaired) electrons. The lowest BCUT2D eigenvalue weighted by atomic mass is 9.79. The first-order chi connectivity index (χ1) is 14.6. The molecule has 2 N–H and O–H groups in total. The highest BCUT2D eigenvalue weighted by molar-refractivity contribution is 6.33. The summed E-state index contributed by atoms with van der Waals surface area (Å²) in [7, 11) is 3.38. The van der Waals surface area contributed by atoms with Crippen LogP contribution in [0.15, 0.2) is 42.5 Å². The van der Waals surface area contributed by atoms with Crippen molar-refractivity contribution in [3.8, 4) is 11.1 Å². The standard InChI is InChI=1S/C24H32ClNO4/c1-28-13-4-3-11-24(27,22-16-26-12-14-30-22)20-9-6-10-21(25)23(20)19-8-5-7-18(15-19)17-29-2/h5-10,15,22,26-27H,3-4,11-14,16-17H2,1-2H3/t22-,24-/m1/s1. The Bertz CT molecular complexity index is 810. The zero-order valence-electron chi connectivity index (χ0n) is 17.8. The average Bonchev–Trinajstić information content (AvgIpc) is 2.77. The van der Waals surface area contributed by atoms with Gasteiger partial charge in [0.2, 0.25) is 0 Å². The third kappa shape index (κ3) is 5.41. The molecule has 30 heavy (non-hydrogen) atoms. The second-order valence-electron chi connectivity index (χ2n) is 7.73. The average molecular weight is 434 g/mol. The molecule has 164 valence electrons. The maximum atomic E-state index is 12.1. The highest BCUT2D eigenvalue weighted by Gasteiger charge is 2.41. The molecule has 0 aromatic heterocycles. The van der Waals surface area contributed by atoms with Crippen LogP contribution in [0.4, 0.5) is 0 Å². The Morgan fingerprint density at radius 2 is 2.00 bits per heavy atom. The third-order valence-electron chi connectivity index (χ3n) is 5.62. The van der Waals surface area contributed by atoms with Crippen LogP contribution in [-0.2, 0) is 26.4 Å². The maximum absolute atomic E-state index is 12.1. The highest BCUT2D eigenvalue weighted by atomic mass is 35.5. The molecule has 2 atom stereocenters. The highest BCUT2D eigenvalue weighted by Crippen LogP contribution is 2.42. The zero-order valence-corrected chi connectivity index (χ0v) is 18.6. The number of halogens is 1. The second-order valence-corrected chi connectivity index (χ2v) is 8.14. The van der Waals surface area contributed by atoms with E-state index in [9.17, 15) is 5.11 Å². The number of ether oxygens (including phenoxy) is 3. The summed E-state index contributed by atoms with van der Waals surface area (Å²) in [5.74, 6) is 0. The van der Waals surface area contributed by atoms with E-state index in [1.54, 1.807) is 14.2 Å². The Labute approximate surface area is 184 Å². The van der Waals surface area contributed by atoms with Gasteiger partial charge in [0.1, 0.15) is 11.7 Å². The number of unbranched alkanes of at least 4 members (excludes halogenated alkanes) is 1. The molecule has 1 fully saturated rings. The lowest BCUT2D eigenvalue weighted by molar-refractivity contribution is -0.129. The SMILES string of the molecule is COCCCC[C@@](O)(c1cccc(Cl)c1-c1cccc(COC)c1)[C@H]1CNCCO1. The predicted molar refractivity (Wildman–Crippen MR) is 120 cm³/mol. The Morgan fingerprint density at radius 1 is 1.17 bits per heavy atom. The molecule has 2 aromatic carbocycles. The van der Waals surface area contributed by atoms with Gasteiger partial charge in [0.25, 0.3) is 0 Å². The van der Waals surface area contributed by atoms with E-state index in [0.717, 1.165) is 41.6 Å². The van der Waals surface area contributed by atoms with Crippen molar-refractivity contribution in [2.24, 2.45) is 0 Å². The fourth-order valence-corrected chi connectivity index (χ4v) is 4.43. The molecule has 0 aliphatic carbocycles. The summed E-state index contributed by atoms with van der Waals surface area (Å²) in [6.45, 7) is 3.14. The molecule has 3 rings (SSSR count). The molecule has 1 heterocycles. The number of hydrogen-bond donors (Lipinski definition) is 2. The number of methoxy groups -OCH3 is 2. The number of nitrogens with one attached hydrogen (secondary N) is 1. The number of rotatable bonds is 10. The summed E-state index contributed by atoms with van der Waals surface area (Å²) in [4.78, 5) is 0. The quantitative estimate of drug-likeness (QED) is 0.551. The first kappa shape index (κ1) is 23.2. The third-order valence-corrected chi connectivity index (χ3v) is 5.94. The lowest BCUT2D eigenvalue weighted by Gasteiger charge is -2.40. The van der Waals surface area contributed by atoms with E-state index < -0.39 is 5.60 Å². The minimum atomic E-state index is -1.17. The van der Waals surface area contributed by atoms with Crippen molar-refractivity contribution in [1.82, 2.24) is 5.32 Å². The first-order valence-corrected chi connectivity index (χ1v) is 10.9. The van der Waals surface area contributed by atoms with Crippen LogP contribution in [0.3, 0.4) is 0 Å². The van der Waals surface area contributed by atoms with E-state index in [2.05, 4.69) is 11.4 Å². The number of hydrogen-bond acceptors (Lipinski definition) is 5. The van der Waals surface area contributed by atoms with Gasteiger partial charge >= 0.3 is 0 Å². The van der Waals surface area contributed by atoms with Gasteiger partial charge in [-0.1, -0.05) is 41.9 Å². The van der Waals surface area contributed by atoms with Crippen LogP contribution < -0.4 is 5.32 Å². The van der Waals surface area contributed by atoms with Crippen LogP contribution in [0.5, 0.6) is 0 Å². The topological polar surface area (TPSA) is 60.0 Å². The fraction of sp³-hybridized carbons (Fsp3) is 0.500. The van der Waals surface area contributed by atoms with Gasteiger partial charge in [0.05, 0.1) is 13.2 Å². The van der Waals surface area contributed by atoms with Crippen molar-refractivity contribution >= 4 is 11.6 Å². The summed E-state index contributed by atoms with van der Waals surface area (Å²) in [6.07, 6.45) is 1.90. The molecule has 1 saturated heterocycles. The molecule has 1 aliphatic heterocycles. The van der Waals surface area contributed by atoms with Gasteiger partial charge in [0.15, 0.2) is 0 Å². The maximum Gasteiger partial charge on any atom is 0.118 e. The Kier molecular flexibility index (Phi) is 8.69. The van der Waals surface area contributed by atoms with Gasteiger partial charge in [-0.2, -0.15) is 0 Å². The van der Waals surface area contributed by atoms with Crippen LogP contribution in [0.1, 0.15) is 30.4 Å². The van der Waals surface area contributed by atoms with E-state index >= 15 is 0 Å². The predicted octanol–water partition coefficient (Wildman–Crippen LogP) is 4.15. The second kappa shape index (κ2) is 11.2. The zero-order chi connectivity index (χ0) is 21.4. The summed E-state index contributed by atoms with van der Waals surface area (Å²) in [6, 6.07) is 13.8. The molecular weight excluding hydrogens is 402 g/mol. The van der Waals surface area contributed by atoms with Crippen molar-refractivity contribution in [3.05, 3.63) is 58.6 Å². The van der Waals surface area contributed by atoms with Crippen molar-refractivity contribution < 1.29 is 19.3 Å². The van der Waals surface area contributed by atoms with Crippen molar-refractivity contribution in [3.63, 3.8) is 0 Å². The van der Waals surface area contributed by atoms with Gasteiger partial charge in [-0.15, -0.1) is 0 Å². The molecule has 0 saturated carbocycles. The minimum Gasteiger partial charge on any atom is -0.385 e. The Balaban J connectivity index is 2.04. The van der Waals surface area contributed by atoms with Crippen molar-refractivity contribution in [1.29, 1.82) is 0 Å². The molecule has 0 spiro atoms. The first-order valence-electron chi connectivity index (χ1n) is 10.5. The van der Waals surface area contributed by atoms with Gasteiger partial charge in [-0.25, -0.2) is 0 Å². The van der Waals surface area contributed by atoms with Crippen LogP contribution in [0, 0.1) is 0 Å². The van der Waals surface area contributed by atoms with Gasteiger partial charge in [0, 0.05) is 44.5 Å². The van der Waals surface area contributed by atoms with Gasteiger partial charge in [-0.3, -0.25) is 0 Å². The summed E-state index contributed by atoms with van der Waals surface area (Å²) in [5.41, 5.74) is 2.50. The molecule has 1 aliphatic rings. The summed E-state index contributed by atoms with van der Waals surface area (Å²) >= 11 is 6.70. The van der Waals surface area contributed by atoms with Crippen LogP contribution in [-0.4, -0.2) is 51.7 Å². The van der Waals surface area contributed by atoms with Crippen LogP contribution in [0.2, 0.25) is 5.02 Å². The normalized spacial score (nSPS) is 18.9.